The summed E-state index contributed by atoms with van der Waals surface area (Å²) >= 11 is 0. The second kappa shape index (κ2) is 9.61. The number of carbonyl (C=O) groups is 2. The Labute approximate surface area is 154 Å². The zero-order chi connectivity index (χ0) is 18.9. The molecule has 2 N–H and O–H groups in total. The molecule has 0 saturated heterocycles. The molecule has 0 fully saturated rings. The number of amides is 2. The van der Waals surface area contributed by atoms with E-state index in [9.17, 15) is 9.59 Å². The summed E-state index contributed by atoms with van der Waals surface area (Å²) in [4.78, 5) is 23.3. The van der Waals surface area contributed by atoms with Gasteiger partial charge in [-0.3, -0.25) is 9.59 Å². The third kappa shape index (κ3) is 6.59. The lowest BCUT2D eigenvalue weighted by atomic mass is 10.1. The Hall–Kier alpha value is -2.82. The smallest absolute Gasteiger partial charge is 0.260 e. The molecule has 2 unspecified atom stereocenters. The number of ether oxygens (including phenoxy) is 1. The molecule has 0 bridgehead atoms. The van der Waals surface area contributed by atoms with Crippen molar-refractivity contribution in [3.05, 3.63) is 60.2 Å². The zero-order valence-corrected chi connectivity index (χ0v) is 15.5. The summed E-state index contributed by atoms with van der Waals surface area (Å²) in [5.41, 5.74) is 1.95. The quantitative estimate of drug-likeness (QED) is 0.762. The Balaban J connectivity index is 1.78. The van der Waals surface area contributed by atoms with Gasteiger partial charge in [0.2, 0.25) is 5.91 Å². The van der Waals surface area contributed by atoms with Crippen molar-refractivity contribution < 1.29 is 14.3 Å². The van der Waals surface area contributed by atoms with Crippen molar-refractivity contribution >= 4 is 17.5 Å². The number of benzene rings is 2. The standard InChI is InChI=1S/C21H26N2O3/c1-15(9-10-18-7-5-4-6-8-18)22-21(25)16(2)26-20-13-11-19(12-14-20)23-17(3)24/h4-8,11-16H,9-10H2,1-3H3,(H,22,25)(H,23,24). The minimum absolute atomic E-state index is 0.0656. The number of carbonyl (C=O) groups excluding carboxylic acids is 2. The van der Waals surface area contributed by atoms with Gasteiger partial charge in [0.15, 0.2) is 6.10 Å². The predicted octanol–water partition coefficient (Wildman–Crippen LogP) is 3.55. The van der Waals surface area contributed by atoms with Gasteiger partial charge in [-0.05, 0) is 56.5 Å². The van der Waals surface area contributed by atoms with Crippen LogP contribution in [0.2, 0.25) is 0 Å². The molecule has 0 radical (unpaired) electrons. The fraction of sp³-hybridized carbons (Fsp3) is 0.333. The van der Waals surface area contributed by atoms with E-state index in [1.807, 2.05) is 25.1 Å². The summed E-state index contributed by atoms with van der Waals surface area (Å²) in [7, 11) is 0. The van der Waals surface area contributed by atoms with Crippen molar-refractivity contribution in [2.75, 3.05) is 5.32 Å². The summed E-state index contributed by atoms with van der Waals surface area (Å²) < 4.78 is 5.68. The van der Waals surface area contributed by atoms with Gasteiger partial charge in [-0.2, -0.15) is 0 Å². The van der Waals surface area contributed by atoms with E-state index < -0.39 is 6.10 Å². The van der Waals surface area contributed by atoms with Gasteiger partial charge in [0.25, 0.3) is 5.91 Å². The maximum absolute atomic E-state index is 12.3. The molecule has 0 aliphatic carbocycles. The lowest BCUT2D eigenvalue weighted by Crippen LogP contribution is -2.41. The molecule has 2 rings (SSSR count). The Morgan fingerprint density at radius 1 is 1.00 bits per heavy atom. The van der Waals surface area contributed by atoms with Gasteiger partial charge in [-0.25, -0.2) is 0 Å². The van der Waals surface area contributed by atoms with E-state index >= 15 is 0 Å². The van der Waals surface area contributed by atoms with Crippen LogP contribution in [0.5, 0.6) is 5.75 Å². The highest BCUT2D eigenvalue weighted by Crippen LogP contribution is 2.17. The molecule has 0 spiro atoms. The topological polar surface area (TPSA) is 67.4 Å². The van der Waals surface area contributed by atoms with Crippen LogP contribution in [0.3, 0.4) is 0 Å². The van der Waals surface area contributed by atoms with Crippen molar-refractivity contribution in [3.63, 3.8) is 0 Å². The number of anilines is 1. The molecule has 0 saturated carbocycles. The van der Waals surface area contributed by atoms with Crippen molar-refractivity contribution in [2.24, 2.45) is 0 Å². The van der Waals surface area contributed by atoms with Gasteiger partial charge in [0.05, 0.1) is 0 Å². The first-order valence-electron chi connectivity index (χ1n) is 8.82. The Kier molecular flexibility index (Phi) is 7.21. The van der Waals surface area contributed by atoms with Crippen LogP contribution in [-0.4, -0.2) is 24.0 Å². The molecule has 0 heterocycles. The molecule has 2 atom stereocenters. The molecule has 0 aliphatic rings. The molecule has 0 aliphatic heterocycles. The first-order valence-corrected chi connectivity index (χ1v) is 8.82. The van der Waals surface area contributed by atoms with Gasteiger partial charge in [0, 0.05) is 18.7 Å². The minimum atomic E-state index is -0.596. The van der Waals surface area contributed by atoms with E-state index in [0.717, 1.165) is 12.8 Å². The molecule has 2 amide bonds. The second-order valence-electron chi connectivity index (χ2n) is 6.40. The van der Waals surface area contributed by atoms with Gasteiger partial charge < -0.3 is 15.4 Å². The summed E-state index contributed by atoms with van der Waals surface area (Å²) in [5.74, 6) is 0.311. The van der Waals surface area contributed by atoms with Crippen LogP contribution in [0, 0.1) is 0 Å². The Bertz CT molecular complexity index is 714. The average Bonchev–Trinajstić information content (AvgIpc) is 2.62. The Morgan fingerprint density at radius 2 is 1.65 bits per heavy atom. The molecule has 0 aromatic heterocycles. The summed E-state index contributed by atoms with van der Waals surface area (Å²) in [5, 5.41) is 5.67. The summed E-state index contributed by atoms with van der Waals surface area (Å²) in [6.07, 6.45) is 1.19. The van der Waals surface area contributed by atoms with Crippen LogP contribution in [0.4, 0.5) is 5.69 Å². The maximum atomic E-state index is 12.3. The van der Waals surface area contributed by atoms with Crippen LogP contribution >= 0.6 is 0 Å². The number of aryl methyl sites for hydroxylation is 1. The highest BCUT2D eigenvalue weighted by Gasteiger charge is 2.17. The molecule has 138 valence electrons. The molecule has 2 aromatic carbocycles. The Morgan fingerprint density at radius 3 is 2.27 bits per heavy atom. The van der Waals surface area contributed by atoms with Crippen LogP contribution in [-0.2, 0) is 16.0 Å². The second-order valence-corrected chi connectivity index (χ2v) is 6.40. The SMILES string of the molecule is CC(=O)Nc1ccc(OC(C)C(=O)NC(C)CCc2ccccc2)cc1. The fourth-order valence-corrected chi connectivity index (χ4v) is 2.54. The highest BCUT2D eigenvalue weighted by molar-refractivity contribution is 5.88. The number of rotatable bonds is 8. The number of hydrogen-bond acceptors (Lipinski definition) is 3. The maximum Gasteiger partial charge on any atom is 0.260 e. The fourth-order valence-electron chi connectivity index (χ4n) is 2.54. The van der Waals surface area contributed by atoms with Crippen molar-refractivity contribution in [3.8, 4) is 5.75 Å². The number of hydrogen-bond donors (Lipinski definition) is 2. The van der Waals surface area contributed by atoms with Crippen molar-refractivity contribution in [2.45, 2.75) is 45.8 Å². The molecule has 5 heteroatoms. The normalized spacial score (nSPS) is 12.7. The van der Waals surface area contributed by atoms with E-state index in [1.165, 1.54) is 12.5 Å². The first kappa shape index (κ1) is 19.5. The third-order valence-electron chi connectivity index (χ3n) is 3.95. The van der Waals surface area contributed by atoms with Crippen LogP contribution in [0.15, 0.2) is 54.6 Å². The lowest BCUT2D eigenvalue weighted by molar-refractivity contribution is -0.127. The van der Waals surface area contributed by atoms with E-state index in [2.05, 4.69) is 22.8 Å². The average molecular weight is 354 g/mol. The minimum Gasteiger partial charge on any atom is -0.481 e. The van der Waals surface area contributed by atoms with Crippen LogP contribution in [0.1, 0.15) is 32.8 Å². The highest BCUT2D eigenvalue weighted by atomic mass is 16.5. The number of nitrogens with one attached hydrogen (secondary N) is 2. The molecule has 2 aromatic rings. The van der Waals surface area contributed by atoms with E-state index in [1.54, 1.807) is 31.2 Å². The van der Waals surface area contributed by atoms with Crippen molar-refractivity contribution in [1.29, 1.82) is 0 Å². The van der Waals surface area contributed by atoms with E-state index in [0.29, 0.717) is 11.4 Å². The van der Waals surface area contributed by atoms with E-state index in [4.69, 9.17) is 4.74 Å². The molecule has 5 nitrogen and oxygen atoms in total. The zero-order valence-electron chi connectivity index (χ0n) is 15.5. The predicted molar refractivity (Wildman–Crippen MR) is 103 cm³/mol. The third-order valence-corrected chi connectivity index (χ3v) is 3.95. The van der Waals surface area contributed by atoms with Gasteiger partial charge in [0.1, 0.15) is 5.75 Å². The molecule has 26 heavy (non-hydrogen) atoms. The largest absolute Gasteiger partial charge is 0.481 e. The van der Waals surface area contributed by atoms with E-state index in [-0.39, 0.29) is 17.9 Å². The van der Waals surface area contributed by atoms with Gasteiger partial charge in [-0.1, -0.05) is 30.3 Å². The van der Waals surface area contributed by atoms with Gasteiger partial charge in [-0.15, -0.1) is 0 Å². The lowest BCUT2D eigenvalue weighted by Gasteiger charge is -2.19. The monoisotopic (exact) mass is 354 g/mol. The van der Waals surface area contributed by atoms with Crippen molar-refractivity contribution in [1.82, 2.24) is 5.32 Å². The molecular weight excluding hydrogens is 328 g/mol. The van der Waals surface area contributed by atoms with Gasteiger partial charge >= 0.3 is 0 Å². The van der Waals surface area contributed by atoms with Crippen LogP contribution < -0.4 is 15.4 Å². The first-order chi connectivity index (χ1) is 12.4. The van der Waals surface area contributed by atoms with Crippen LogP contribution in [0.25, 0.3) is 0 Å². The molecular formula is C21H26N2O3. The summed E-state index contributed by atoms with van der Waals surface area (Å²) in [6.45, 7) is 5.17. The summed E-state index contributed by atoms with van der Waals surface area (Å²) in [6, 6.07) is 17.2.